The predicted octanol–water partition coefficient (Wildman–Crippen LogP) is 2.08. The molecule has 0 saturated heterocycles. The molecule has 7 heteroatoms. The summed E-state index contributed by atoms with van der Waals surface area (Å²) in [7, 11) is 3.51. The van der Waals surface area contributed by atoms with Crippen molar-refractivity contribution >= 4 is 33.6 Å². The number of hydrogen-bond donors (Lipinski definition) is 1. The van der Waals surface area contributed by atoms with Gasteiger partial charge >= 0.3 is 0 Å². The molecule has 2 aromatic rings. The first kappa shape index (κ1) is 14.1. The van der Waals surface area contributed by atoms with Gasteiger partial charge in [0.05, 0.1) is 5.75 Å². The Morgan fingerprint density at radius 3 is 2.84 bits per heavy atom. The molecular weight excluding hydrogens is 328 g/mol. The Balaban J connectivity index is 2.24. The van der Waals surface area contributed by atoms with Crippen molar-refractivity contribution in [2.45, 2.75) is 5.16 Å². The summed E-state index contributed by atoms with van der Waals surface area (Å²) in [6, 6.07) is 7.83. The van der Waals surface area contributed by atoms with Gasteiger partial charge in [0.1, 0.15) is 0 Å². The van der Waals surface area contributed by atoms with Crippen molar-refractivity contribution in [3.05, 3.63) is 28.7 Å². The predicted molar refractivity (Wildman–Crippen MR) is 78.9 cm³/mol. The zero-order valence-corrected chi connectivity index (χ0v) is 13.0. The zero-order valence-electron chi connectivity index (χ0n) is 10.6. The molecule has 1 amide bonds. The van der Waals surface area contributed by atoms with E-state index in [9.17, 15) is 4.79 Å². The van der Waals surface area contributed by atoms with Crippen LogP contribution in [0, 0.1) is 0 Å². The normalized spacial score (nSPS) is 10.5. The van der Waals surface area contributed by atoms with Crippen LogP contribution in [0.25, 0.3) is 11.4 Å². The van der Waals surface area contributed by atoms with E-state index in [2.05, 4.69) is 31.4 Å². The lowest BCUT2D eigenvalue weighted by molar-refractivity contribution is -0.118. The minimum Gasteiger partial charge on any atom is -0.358 e. The number of hydrogen-bond acceptors (Lipinski definition) is 4. The maximum atomic E-state index is 11.2. The van der Waals surface area contributed by atoms with Crippen LogP contribution in [-0.2, 0) is 11.8 Å². The molecule has 0 saturated carbocycles. The van der Waals surface area contributed by atoms with Crippen LogP contribution in [0.5, 0.6) is 0 Å². The molecule has 19 heavy (non-hydrogen) atoms. The van der Waals surface area contributed by atoms with Gasteiger partial charge in [0.15, 0.2) is 11.0 Å². The van der Waals surface area contributed by atoms with Crippen LogP contribution >= 0.6 is 27.7 Å². The number of carbonyl (C=O) groups excluding carboxylic acids is 1. The molecule has 5 nitrogen and oxygen atoms in total. The van der Waals surface area contributed by atoms with Gasteiger partial charge in [-0.25, -0.2) is 0 Å². The molecule has 1 heterocycles. The summed E-state index contributed by atoms with van der Waals surface area (Å²) >= 11 is 4.86. The van der Waals surface area contributed by atoms with Gasteiger partial charge in [-0.2, -0.15) is 0 Å². The van der Waals surface area contributed by atoms with Gasteiger partial charge in [-0.3, -0.25) is 4.79 Å². The number of amides is 1. The molecule has 100 valence electrons. The molecule has 1 aromatic carbocycles. The Morgan fingerprint density at radius 1 is 1.42 bits per heavy atom. The molecule has 0 fully saturated rings. The molecule has 0 atom stereocenters. The Morgan fingerprint density at radius 2 is 2.16 bits per heavy atom. The smallest absolute Gasteiger partial charge is 0.230 e. The number of thioether (sulfide) groups is 1. The van der Waals surface area contributed by atoms with Gasteiger partial charge in [-0.05, 0) is 6.07 Å². The van der Waals surface area contributed by atoms with Crippen LogP contribution in [0.4, 0.5) is 0 Å². The van der Waals surface area contributed by atoms with E-state index in [1.165, 1.54) is 11.8 Å². The second-order valence-corrected chi connectivity index (χ2v) is 5.60. The quantitative estimate of drug-likeness (QED) is 0.865. The van der Waals surface area contributed by atoms with Crippen LogP contribution < -0.4 is 5.32 Å². The van der Waals surface area contributed by atoms with Crippen molar-refractivity contribution in [2.75, 3.05) is 12.8 Å². The Kier molecular flexibility index (Phi) is 4.60. The van der Waals surface area contributed by atoms with Crippen LogP contribution in [0.2, 0.25) is 0 Å². The van der Waals surface area contributed by atoms with Crippen LogP contribution in [0.15, 0.2) is 33.9 Å². The zero-order chi connectivity index (χ0) is 13.8. The number of nitrogens with zero attached hydrogens (tertiary/aromatic N) is 3. The van der Waals surface area contributed by atoms with Crippen LogP contribution in [0.1, 0.15) is 0 Å². The third kappa shape index (κ3) is 3.16. The lowest BCUT2D eigenvalue weighted by atomic mass is 10.2. The molecular formula is C12H13BrN4OS. The SMILES string of the molecule is CNC(=O)CSc1nnc(-c2ccccc2Br)n1C. The summed E-state index contributed by atoms with van der Waals surface area (Å²) in [6.45, 7) is 0. The van der Waals surface area contributed by atoms with E-state index in [0.717, 1.165) is 15.9 Å². The summed E-state index contributed by atoms with van der Waals surface area (Å²) in [4.78, 5) is 11.2. The number of halogens is 1. The molecule has 2 rings (SSSR count). The first-order valence-electron chi connectivity index (χ1n) is 5.61. The highest BCUT2D eigenvalue weighted by Crippen LogP contribution is 2.28. The Labute approximate surface area is 123 Å². The summed E-state index contributed by atoms with van der Waals surface area (Å²) in [5.41, 5.74) is 0.976. The van der Waals surface area contributed by atoms with Crippen molar-refractivity contribution in [2.24, 2.45) is 7.05 Å². The second kappa shape index (κ2) is 6.21. The summed E-state index contributed by atoms with van der Waals surface area (Å²) in [6.07, 6.45) is 0. The highest BCUT2D eigenvalue weighted by atomic mass is 79.9. The maximum absolute atomic E-state index is 11.2. The van der Waals surface area contributed by atoms with Crippen molar-refractivity contribution in [1.29, 1.82) is 0 Å². The standard InChI is InChI=1S/C12H13BrN4OS/c1-14-10(18)7-19-12-16-15-11(17(12)2)8-5-3-4-6-9(8)13/h3-6H,7H2,1-2H3,(H,14,18). The molecule has 0 bridgehead atoms. The van der Waals surface area contributed by atoms with Gasteiger partial charge in [0.2, 0.25) is 5.91 Å². The van der Waals surface area contributed by atoms with Gasteiger partial charge < -0.3 is 9.88 Å². The lowest BCUT2D eigenvalue weighted by Crippen LogP contribution is -2.20. The molecule has 1 N–H and O–H groups in total. The Hall–Kier alpha value is -1.34. The fourth-order valence-electron chi connectivity index (χ4n) is 1.52. The van der Waals surface area contributed by atoms with Crippen molar-refractivity contribution in [1.82, 2.24) is 20.1 Å². The summed E-state index contributed by atoms with van der Waals surface area (Å²) < 4.78 is 2.85. The fraction of sp³-hybridized carbons (Fsp3) is 0.250. The maximum Gasteiger partial charge on any atom is 0.230 e. The number of aromatic nitrogens is 3. The lowest BCUT2D eigenvalue weighted by Gasteiger charge is -2.05. The average Bonchev–Trinajstić information content (AvgIpc) is 2.78. The van der Waals surface area contributed by atoms with Gasteiger partial charge in [0, 0.05) is 24.1 Å². The van der Waals surface area contributed by atoms with Gasteiger partial charge in [0.25, 0.3) is 0 Å². The number of rotatable bonds is 4. The van der Waals surface area contributed by atoms with E-state index >= 15 is 0 Å². The van der Waals surface area contributed by atoms with Gasteiger partial charge in [-0.1, -0.05) is 45.9 Å². The van der Waals surface area contributed by atoms with Crippen molar-refractivity contribution < 1.29 is 4.79 Å². The van der Waals surface area contributed by atoms with Crippen molar-refractivity contribution in [3.63, 3.8) is 0 Å². The highest BCUT2D eigenvalue weighted by molar-refractivity contribution is 9.10. The van der Waals surface area contributed by atoms with E-state index < -0.39 is 0 Å². The molecule has 1 aromatic heterocycles. The average molecular weight is 341 g/mol. The fourth-order valence-corrected chi connectivity index (χ4v) is 2.77. The van der Waals surface area contributed by atoms with E-state index in [4.69, 9.17) is 0 Å². The van der Waals surface area contributed by atoms with Gasteiger partial charge in [-0.15, -0.1) is 10.2 Å². The van der Waals surface area contributed by atoms with E-state index in [0.29, 0.717) is 10.9 Å². The summed E-state index contributed by atoms with van der Waals surface area (Å²) in [5, 5.41) is 11.6. The molecule has 0 radical (unpaired) electrons. The number of carbonyl (C=O) groups is 1. The van der Waals surface area contributed by atoms with E-state index in [1.54, 1.807) is 7.05 Å². The number of nitrogens with one attached hydrogen (secondary N) is 1. The van der Waals surface area contributed by atoms with Crippen LogP contribution in [-0.4, -0.2) is 33.5 Å². The van der Waals surface area contributed by atoms with Crippen molar-refractivity contribution in [3.8, 4) is 11.4 Å². The highest BCUT2D eigenvalue weighted by Gasteiger charge is 2.14. The molecule has 0 spiro atoms. The molecule has 0 unspecified atom stereocenters. The largest absolute Gasteiger partial charge is 0.358 e. The molecule has 0 aliphatic heterocycles. The second-order valence-electron chi connectivity index (χ2n) is 3.81. The first-order valence-corrected chi connectivity index (χ1v) is 7.39. The number of benzene rings is 1. The first-order chi connectivity index (χ1) is 9.13. The topological polar surface area (TPSA) is 59.8 Å². The van der Waals surface area contributed by atoms with E-state index in [-0.39, 0.29) is 5.91 Å². The minimum atomic E-state index is -0.0320. The monoisotopic (exact) mass is 340 g/mol. The van der Waals surface area contributed by atoms with Crippen LogP contribution in [0.3, 0.4) is 0 Å². The van der Waals surface area contributed by atoms with E-state index in [1.807, 2.05) is 35.9 Å². The third-order valence-electron chi connectivity index (χ3n) is 2.56. The summed E-state index contributed by atoms with van der Waals surface area (Å²) in [5.74, 6) is 1.07. The molecule has 0 aliphatic carbocycles. The Bertz CT molecular complexity index is 599. The molecule has 0 aliphatic rings. The minimum absolute atomic E-state index is 0.0320. The third-order valence-corrected chi connectivity index (χ3v) is 4.27.